The Morgan fingerprint density at radius 2 is 0.889 bits per heavy atom. The number of hydrogen-bond acceptors (Lipinski definition) is 4. The average Bonchev–Trinajstić information content (AvgIpc) is 2.67. The van der Waals surface area contributed by atoms with E-state index in [0.717, 1.165) is 64.7 Å². The maximum atomic E-state index is 7.75. The van der Waals surface area contributed by atoms with E-state index in [1.54, 1.807) is 7.05 Å². The monoisotopic (exact) mass is 384 g/mol. The Hall–Kier alpha value is -2.23. The third kappa shape index (κ3) is 18.4. The van der Waals surface area contributed by atoms with E-state index >= 15 is 0 Å². The molecule has 0 bridgehead atoms. The molecule has 0 aromatic heterocycles. The van der Waals surface area contributed by atoms with E-state index in [1.807, 2.05) is 7.05 Å². The second kappa shape index (κ2) is 18.6. The fourth-order valence-electron chi connectivity index (χ4n) is 2.33. The second-order valence-electron chi connectivity index (χ2n) is 6.34. The molecule has 27 heavy (non-hydrogen) atoms. The van der Waals surface area contributed by atoms with Crippen molar-refractivity contribution in [3.8, 4) is 0 Å². The number of hydrogen-bond donors (Lipinski definition) is 10. The van der Waals surface area contributed by atoms with Crippen LogP contribution in [0.15, 0.2) is 0 Å². The molecule has 0 spiro atoms. The summed E-state index contributed by atoms with van der Waals surface area (Å²) in [4.78, 5) is 0. The summed E-state index contributed by atoms with van der Waals surface area (Å²) >= 11 is 0. The van der Waals surface area contributed by atoms with Crippen LogP contribution in [0, 0.1) is 16.2 Å². The topological polar surface area (TPSA) is 156 Å². The van der Waals surface area contributed by atoms with Gasteiger partial charge in [-0.05, 0) is 39.3 Å². The first-order chi connectivity index (χ1) is 13.1. The molecule has 0 saturated heterocycles. The zero-order valence-electron chi connectivity index (χ0n) is 17.0. The molecule has 10 N–H and O–H groups in total. The summed E-state index contributed by atoms with van der Waals surface area (Å²) < 4.78 is 0. The maximum Gasteiger partial charge on any atom is 0.207 e. The van der Waals surface area contributed by atoms with Crippen molar-refractivity contribution in [2.24, 2.45) is 0 Å². The van der Waals surface area contributed by atoms with Crippen molar-refractivity contribution in [3.05, 3.63) is 0 Å². The van der Waals surface area contributed by atoms with Gasteiger partial charge in [0, 0.05) is 26.7 Å². The summed E-state index contributed by atoms with van der Waals surface area (Å²) in [6.45, 7) is 3.35. The summed E-state index contributed by atoms with van der Waals surface area (Å²) in [5.74, 6) is 0.697. The third-order valence-corrected chi connectivity index (χ3v) is 3.92. The normalized spacial score (nSPS) is 10.0. The van der Waals surface area contributed by atoms with Gasteiger partial charge >= 0.3 is 0 Å². The molecule has 0 fully saturated rings. The molecule has 0 aliphatic heterocycles. The molecule has 10 heteroatoms. The minimum Gasteiger partial charge on any atom is -0.360 e. The lowest BCUT2D eigenvalue weighted by Gasteiger charge is -2.14. The number of unbranched alkanes of at least 4 members (excludes halogenated alkanes) is 6. The predicted molar refractivity (Wildman–Crippen MR) is 113 cm³/mol. The SMILES string of the molecule is CNCCCCCCNC(=N)NNC(=N)NCCCCCCNC(=N)NC. The van der Waals surface area contributed by atoms with Gasteiger partial charge in [-0.15, -0.1) is 0 Å². The molecular formula is C17H40N10. The van der Waals surface area contributed by atoms with Crippen molar-refractivity contribution >= 4 is 17.9 Å². The van der Waals surface area contributed by atoms with Gasteiger partial charge in [-0.1, -0.05) is 25.7 Å². The van der Waals surface area contributed by atoms with Crippen molar-refractivity contribution in [2.45, 2.75) is 51.4 Å². The molecule has 0 aliphatic rings. The number of guanidine groups is 3. The quantitative estimate of drug-likeness (QED) is 0.0888. The first-order valence-electron chi connectivity index (χ1n) is 9.91. The zero-order chi connectivity index (χ0) is 20.2. The van der Waals surface area contributed by atoms with Gasteiger partial charge in [0.25, 0.3) is 0 Å². The van der Waals surface area contributed by atoms with Crippen LogP contribution in [0.4, 0.5) is 0 Å². The Balaban J connectivity index is 3.37. The van der Waals surface area contributed by atoms with Crippen LogP contribution < -0.4 is 37.4 Å². The van der Waals surface area contributed by atoms with E-state index in [0.29, 0.717) is 5.96 Å². The number of rotatable bonds is 14. The molecule has 0 atom stereocenters. The van der Waals surface area contributed by atoms with E-state index in [9.17, 15) is 0 Å². The lowest BCUT2D eigenvalue weighted by molar-refractivity contribution is 0.603. The zero-order valence-corrected chi connectivity index (χ0v) is 17.0. The Morgan fingerprint density at radius 1 is 0.519 bits per heavy atom. The summed E-state index contributed by atoms with van der Waals surface area (Å²) in [6.07, 6.45) is 8.76. The minimum atomic E-state index is 0.165. The fourth-order valence-corrected chi connectivity index (χ4v) is 2.33. The van der Waals surface area contributed by atoms with Crippen LogP contribution in [-0.4, -0.2) is 58.2 Å². The van der Waals surface area contributed by atoms with E-state index in [2.05, 4.69) is 37.4 Å². The Morgan fingerprint density at radius 3 is 1.26 bits per heavy atom. The molecule has 0 aromatic rings. The molecule has 0 amide bonds. The highest BCUT2D eigenvalue weighted by Crippen LogP contribution is 1.98. The summed E-state index contributed by atoms with van der Waals surface area (Å²) in [5, 5.41) is 37.7. The lowest BCUT2D eigenvalue weighted by atomic mass is 10.2. The van der Waals surface area contributed by atoms with Crippen LogP contribution in [0.25, 0.3) is 0 Å². The van der Waals surface area contributed by atoms with Crippen LogP contribution in [0.5, 0.6) is 0 Å². The standard InChI is InChI=1S/C17H40N10/c1-21-11-7-3-4-9-13-24-16(19)26-27-17(20)25-14-10-6-5-8-12-23-15(18)22-2/h21H,3-14H2,1-2H3,(H3,18,22,23)(H3,19,24,26)(H3,20,25,27). The summed E-state index contributed by atoms with van der Waals surface area (Å²) in [5.41, 5.74) is 5.34. The van der Waals surface area contributed by atoms with E-state index in [1.165, 1.54) is 12.8 Å². The highest BCUT2D eigenvalue weighted by atomic mass is 15.5. The van der Waals surface area contributed by atoms with Crippen LogP contribution in [0.2, 0.25) is 0 Å². The second-order valence-corrected chi connectivity index (χ2v) is 6.34. The van der Waals surface area contributed by atoms with Crippen molar-refractivity contribution in [3.63, 3.8) is 0 Å². The molecule has 0 aliphatic carbocycles. The maximum absolute atomic E-state index is 7.75. The predicted octanol–water partition coefficient (Wildman–Crippen LogP) is 0.213. The van der Waals surface area contributed by atoms with Gasteiger partial charge in [0.2, 0.25) is 11.9 Å². The lowest BCUT2D eigenvalue weighted by Crippen LogP contribution is -2.51. The van der Waals surface area contributed by atoms with Crippen LogP contribution in [-0.2, 0) is 0 Å². The average molecular weight is 385 g/mol. The van der Waals surface area contributed by atoms with E-state index < -0.39 is 0 Å². The van der Waals surface area contributed by atoms with Crippen molar-refractivity contribution < 1.29 is 0 Å². The summed E-state index contributed by atoms with van der Waals surface area (Å²) in [6, 6.07) is 0. The summed E-state index contributed by atoms with van der Waals surface area (Å²) in [7, 11) is 3.69. The van der Waals surface area contributed by atoms with Gasteiger partial charge < -0.3 is 26.6 Å². The Labute approximate surface area is 163 Å². The minimum absolute atomic E-state index is 0.165. The molecule has 10 nitrogen and oxygen atoms in total. The molecule has 0 saturated carbocycles. The van der Waals surface area contributed by atoms with Crippen molar-refractivity contribution in [2.75, 3.05) is 40.3 Å². The fraction of sp³-hybridized carbons (Fsp3) is 0.824. The van der Waals surface area contributed by atoms with Gasteiger partial charge in [-0.25, -0.2) is 0 Å². The highest BCUT2D eigenvalue weighted by Gasteiger charge is 1.98. The number of nitrogens with one attached hydrogen (secondary N) is 10. The third-order valence-electron chi connectivity index (χ3n) is 3.92. The highest BCUT2D eigenvalue weighted by molar-refractivity contribution is 5.82. The van der Waals surface area contributed by atoms with Gasteiger partial charge in [-0.3, -0.25) is 27.1 Å². The molecule has 0 heterocycles. The van der Waals surface area contributed by atoms with Gasteiger partial charge in [0.05, 0.1) is 0 Å². The van der Waals surface area contributed by atoms with Crippen molar-refractivity contribution in [1.29, 1.82) is 16.2 Å². The van der Waals surface area contributed by atoms with Crippen LogP contribution >= 0.6 is 0 Å². The van der Waals surface area contributed by atoms with Crippen LogP contribution in [0.1, 0.15) is 51.4 Å². The number of hydrazine groups is 1. The smallest absolute Gasteiger partial charge is 0.207 e. The molecule has 0 unspecified atom stereocenters. The first kappa shape index (κ1) is 24.8. The first-order valence-corrected chi connectivity index (χ1v) is 9.91. The van der Waals surface area contributed by atoms with Crippen LogP contribution in [0.3, 0.4) is 0 Å². The molecular weight excluding hydrogens is 344 g/mol. The van der Waals surface area contributed by atoms with Gasteiger partial charge in [0.1, 0.15) is 0 Å². The van der Waals surface area contributed by atoms with Gasteiger partial charge in [-0.2, -0.15) is 0 Å². The Bertz CT molecular complexity index is 399. The molecule has 0 aromatic carbocycles. The van der Waals surface area contributed by atoms with E-state index in [4.69, 9.17) is 16.2 Å². The van der Waals surface area contributed by atoms with Crippen molar-refractivity contribution in [1.82, 2.24) is 37.4 Å². The molecule has 0 radical (unpaired) electrons. The molecule has 158 valence electrons. The largest absolute Gasteiger partial charge is 0.360 e. The molecule has 0 rings (SSSR count). The Kier molecular flexibility index (Phi) is 17.0. The van der Waals surface area contributed by atoms with Gasteiger partial charge in [0.15, 0.2) is 5.96 Å². The van der Waals surface area contributed by atoms with E-state index in [-0.39, 0.29) is 11.9 Å².